The molecule has 0 saturated carbocycles. The van der Waals surface area contributed by atoms with Gasteiger partial charge in [0.1, 0.15) is 5.82 Å². The summed E-state index contributed by atoms with van der Waals surface area (Å²) in [4.78, 5) is 8.99. The Morgan fingerprint density at radius 1 is 0.960 bits per heavy atom. The van der Waals surface area contributed by atoms with E-state index in [1.807, 2.05) is 43.3 Å². The first-order valence-corrected chi connectivity index (χ1v) is 8.64. The van der Waals surface area contributed by atoms with Crippen LogP contribution < -0.4 is 10.6 Å². The standard InChI is InChI=1S/C20H21ClN4/c1-14-6-8-18(9-7-14)24-20-23-15(2)12-19(25-20)22-11-10-16-4-3-5-17(21)13-16/h3-9,12-13H,10-11H2,1-2H3,(H2,22,23,24,25). The fourth-order valence-electron chi connectivity index (χ4n) is 2.51. The lowest BCUT2D eigenvalue weighted by Gasteiger charge is -2.10. The van der Waals surface area contributed by atoms with Crippen LogP contribution in [0.3, 0.4) is 0 Å². The van der Waals surface area contributed by atoms with E-state index in [1.54, 1.807) is 0 Å². The molecule has 25 heavy (non-hydrogen) atoms. The molecule has 1 aromatic heterocycles. The summed E-state index contributed by atoms with van der Waals surface area (Å²) in [6.07, 6.45) is 0.879. The molecule has 2 N–H and O–H groups in total. The van der Waals surface area contributed by atoms with Crippen LogP contribution in [-0.2, 0) is 6.42 Å². The van der Waals surface area contributed by atoms with Crippen molar-refractivity contribution < 1.29 is 0 Å². The Hall–Kier alpha value is -2.59. The predicted molar refractivity (Wildman–Crippen MR) is 105 cm³/mol. The van der Waals surface area contributed by atoms with Gasteiger partial charge in [0.15, 0.2) is 0 Å². The summed E-state index contributed by atoms with van der Waals surface area (Å²) in [5.41, 5.74) is 4.30. The minimum Gasteiger partial charge on any atom is -0.370 e. The SMILES string of the molecule is Cc1ccc(Nc2nc(C)cc(NCCc3cccc(Cl)c3)n2)cc1. The summed E-state index contributed by atoms with van der Waals surface area (Å²) in [7, 11) is 0. The first-order chi connectivity index (χ1) is 12.1. The van der Waals surface area contributed by atoms with E-state index in [0.29, 0.717) is 5.95 Å². The summed E-state index contributed by atoms with van der Waals surface area (Å²) >= 11 is 6.02. The number of anilines is 3. The molecule has 0 aliphatic heterocycles. The lowest BCUT2D eigenvalue weighted by atomic mass is 10.1. The Bertz CT molecular complexity index is 847. The Kier molecular flexibility index (Phi) is 5.51. The highest BCUT2D eigenvalue weighted by Crippen LogP contribution is 2.17. The fraction of sp³-hybridized carbons (Fsp3) is 0.200. The normalized spacial score (nSPS) is 10.5. The highest BCUT2D eigenvalue weighted by molar-refractivity contribution is 6.30. The van der Waals surface area contributed by atoms with Crippen molar-refractivity contribution in [2.24, 2.45) is 0 Å². The molecule has 3 rings (SSSR count). The van der Waals surface area contributed by atoms with E-state index in [4.69, 9.17) is 11.6 Å². The molecule has 0 aliphatic carbocycles. The third-order valence-electron chi connectivity index (χ3n) is 3.77. The van der Waals surface area contributed by atoms with Gasteiger partial charge < -0.3 is 10.6 Å². The molecule has 0 saturated heterocycles. The van der Waals surface area contributed by atoms with Crippen molar-refractivity contribution in [3.8, 4) is 0 Å². The van der Waals surface area contributed by atoms with E-state index in [0.717, 1.165) is 35.2 Å². The van der Waals surface area contributed by atoms with Crippen molar-refractivity contribution in [3.63, 3.8) is 0 Å². The molecule has 3 aromatic rings. The Morgan fingerprint density at radius 3 is 2.52 bits per heavy atom. The van der Waals surface area contributed by atoms with Crippen LogP contribution in [0.1, 0.15) is 16.8 Å². The lowest BCUT2D eigenvalue weighted by Crippen LogP contribution is -2.08. The van der Waals surface area contributed by atoms with E-state index in [9.17, 15) is 0 Å². The van der Waals surface area contributed by atoms with Gasteiger partial charge in [0, 0.05) is 29.0 Å². The Balaban J connectivity index is 1.63. The average Bonchev–Trinajstić information content (AvgIpc) is 2.57. The maximum absolute atomic E-state index is 6.02. The molecule has 0 fully saturated rings. The van der Waals surface area contributed by atoms with Crippen molar-refractivity contribution in [2.45, 2.75) is 20.3 Å². The van der Waals surface area contributed by atoms with E-state index in [-0.39, 0.29) is 0 Å². The highest BCUT2D eigenvalue weighted by Gasteiger charge is 2.03. The summed E-state index contributed by atoms with van der Waals surface area (Å²) in [5.74, 6) is 1.40. The maximum atomic E-state index is 6.02. The summed E-state index contributed by atoms with van der Waals surface area (Å²) in [6.45, 7) is 4.81. The van der Waals surface area contributed by atoms with E-state index in [2.05, 4.69) is 45.7 Å². The molecular formula is C20H21ClN4. The van der Waals surface area contributed by atoms with Gasteiger partial charge in [-0.1, -0.05) is 41.4 Å². The summed E-state index contributed by atoms with van der Waals surface area (Å²) in [5, 5.41) is 7.37. The monoisotopic (exact) mass is 352 g/mol. The van der Waals surface area contributed by atoms with Crippen LogP contribution in [0.4, 0.5) is 17.5 Å². The second kappa shape index (κ2) is 7.99. The molecule has 0 unspecified atom stereocenters. The number of aromatic nitrogens is 2. The van der Waals surface area contributed by atoms with Gasteiger partial charge in [-0.3, -0.25) is 0 Å². The molecule has 0 aliphatic rings. The molecule has 1 heterocycles. The predicted octanol–water partition coefficient (Wildman–Crippen LogP) is 5.15. The number of nitrogens with zero attached hydrogens (tertiary/aromatic N) is 2. The molecular weight excluding hydrogens is 332 g/mol. The van der Waals surface area contributed by atoms with E-state index < -0.39 is 0 Å². The molecule has 2 aromatic carbocycles. The molecule has 4 nitrogen and oxygen atoms in total. The number of halogens is 1. The van der Waals surface area contributed by atoms with Gasteiger partial charge in [-0.15, -0.1) is 0 Å². The molecule has 0 spiro atoms. The van der Waals surface area contributed by atoms with Gasteiger partial charge in [0.25, 0.3) is 0 Å². The smallest absolute Gasteiger partial charge is 0.229 e. The van der Waals surface area contributed by atoms with Gasteiger partial charge in [0.05, 0.1) is 0 Å². The van der Waals surface area contributed by atoms with Crippen LogP contribution in [0, 0.1) is 13.8 Å². The number of rotatable bonds is 6. The molecule has 0 amide bonds. The van der Waals surface area contributed by atoms with Crippen molar-refractivity contribution in [1.82, 2.24) is 9.97 Å². The topological polar surface area (TPSA) is 49.8 Å². The van der Waals surface area contributed by atoms with Crippen molar-refractivity contribution in [3.05, 3.63) is 76.4 Å². The van der Waals surface area contributed by atoms with Crippen LogP contribution in [0.5, 0.6) is 0 Å². The van der Waals surface area contributed by atoms with Crippen molar-refractivity contribution in [2.75, 3.05) is 17.2 Å². The van der Waals surface area contributed by atoms with Crippen LogP contribution >= 0.6 is 11.6 Å². The van der Waals surface area contributed by atoms with Crippen LogP contribution in [-0.4, -0.2) is 16.5 Å². The number of aryl methyl sites for hydroxylation is 2. The number of hydrogen-bond acceptors (Lipinski definition) is 4. The zero-order valence-electron chi connectivity index (χ0n) is 14.4. The quantitative estimate of drug-likeness (QED) is 0.644. The van der Waals surface area contributed by atoms with Crippen LogP contribution in [0.2, 0.25) is 5.02 Å². The van der Waals surface area contributed by atoms with E-state index >= 15 is 0 Å². The van der Waals surface area contributed by atoms with E-state index in [1.165, 1.54) is 11.1 Å². The highest BCUT2D eigenvalue weighted by atomic mass is 35.5. The third kappa shape index (κ3) is 5.19. The Labute approximate surface area is 153 Å². The summed E-state index contributed by atoms with van der Waals surface area (Å²) < 4.78 is 0. The van der Waals surface area contributed by atoms with Gasteiger partial charge in [-0.05, 0) is 50.1 Å². The molecule has 0 radical (unpaired) electrons. The Morgan fingerprint density at radius 2 is 1.76 bits per heavy atom. The molecule has 128 valence electrons. The molecule has 0 bridgehead atoms. The third-order valence-corrected chi connectivity index (χ3v) is 4.01. The van der Waals surface area contributed by atoms with Crippen LogP contribution in [0.15, 0.2) is 54.6 Å². The first kappa shape index (κ1) is 17.2. The number of benzene rings is 2. The zero-order valence-corrected chi connectivity index (χ0v) is 15.1. The molecule has 5 heteroatoms. The van der Waals surface area contributed by atoms with Gasteiger partial charge in [-0.2, -0.15) is 4.98 Å². The number of hydrogen-bond donors (Lipinski definition) is 2. The maximum Gasteiger partial charge on any atom is 0.229 e. The second-order valence-corrected chi connectivity index (χ2v) is 6.45. The largest absolute Gasteiger partial charge is 0.370 e. The van der Waals surface area contributed by atoms with Gasteiger partial charge in [0.2, 0.25) is 5.95 Å². The number of nitrogens with one attached hydrogen (secondary N) is 2. The van der Waals surface area contributed by atoms with Crippen LogP contribution in [0.25, 0.3) is 0 Å². The van der Waals surface area contributed by atoms with Gasteiger partial charge >= 0.3 is 0 Å². The minimum absolute atomic E-state index is 0.592. The fourth-order valence-corrected chi connectivity index (χ4v) is 2.72. The van der Waals surface area contributed by atoms with Gasteiger partial charge in [-0.25, -0.2) is 4.98 Å². The first-order valence-electron chi connectivity index (χ1n) is 8.26. The zero-order chi connectivity index (χ0) is 17.6. The second-order valence-electron chi connectivity index (χ2n) is 6.02. The van der Waals surface area contributed by atoms with Crippen molar-refractivity contribution in [1.29, 1.82) is 0 Å². The van der Waals surface area contributed by atoms with Crippen molar-refractivity contribution >= 4 is 29.1 Å². The summed E-state index contributed by atoms with van der Waals surface area (Å²) in [6, 6.07) is 18.0. The average molecular weight is 353 g/mol. The lowest BCUT2D eigenvalue weighted by molar-refractivity contribution is 0.995. The molecule has 0 atom stereocenters. The minimum atomic E-state index is 0.592.